The van der Waals surface area contributed by atoms with E-state index in [1.165, 1.54) is 0 Å². The highest BCUT2D eigenvalue weighted by Gasteiger charge is 2.33. The van der Waals surface area contributed by atoms with E-state index in [2.05, 4.69) is 41.1 Å². The molecule has 0 fully saturated rings. The van der Waals surface area contributed by atoms with Gasteiger partial charge in [-0.25, -0.2) is 8.93 Å². The molecule has 0 radical (unpaired) electrons. The van der Waals surface area contributed by atoms with Crippen LogP contribution in [0.3, 0.4) is 0 Å². The summed E-state index contributed by atoms with van der Waals surface area (Å²) in [7, 11) is -1.14. The highest BCUT2D eigenvalue weighted by molar-refractivity contribution is 9.10. The third-order valence-electron chi connectivity index (χ3n) is 3.27. The van der Waals surface area contributed by atoms with Gasteiger partial charge in [0.05, 0.1) is 21.8 Å². The quantitative estimate of drug-likeness (QED) is 0.756. The number of hydrogen-bond acceptors (Lipinski definition) is 1. The average Bonchev–Trinajstić information content (AvgIpc) is 2.35. The Morgan fingerprint density at radius 1 is 1.25 bits per heavy atom. The Balaban J connectivity index is 3.21. The Bertz CT molecular complexity index is 505. The second-order valence-corrected chi connectivity index (χ2v) is 9.33. The van der Waals surface area contributed by atoms with E-state index in [0.717, 1.165) is 10.0 Å². The van der Waals surface area contributed by atoms with Crippen LogP contribution in [0, 0.1) is 5.41 Å². The van der Waals surface area contributed by atoms with Crippen molar-refractivity contribution >= 4 is 26.9 Å². The maximum absolute atomic E-state index is 12.5. The maximum Gasteiger partial charge on any atom is 0.0976 e. The van der Waals surface area contributed by atoms with Gasteiger partial charge in [-0.05, 0) is 32.4 Å². The summed E-state index contributed by atoms with van der Waals surface area (Å²) in [4.78, 5) is 0. The summed E-state index contributed by atoms with van der Waals surface area (Å²) in [6.45, 7) is 14.0. The van der Waals surface area contributed by atoms with Gasteiger partial charge in [0.1, 0.15) is 0 Å². The fourth-order valence-electron chi connectivity index (χ4n) is 1.73. The molecule has 0 heterocycles. The number of halogens is 1. The van der Waals surface area contributed by atoms with Gasteiger partial charge in [-0.1, -0.05) is 54.1 Å². The second-order valence-electron chi connectivity index (χ2n) is 6.48. The molecule has 0 aliphatic rings. The van der Waals surface area contributed by atoms with E-state index >= 15 is 0 Å². The van der Waals surface area contributed by atoms with Crippen LogP contribution in [-0.4, -0.2) is 8.96 Å². The summed E-state index contributed by atoms with van der Waals surface area (Å²) in [6, 6.07) is 7.95. The summed E-state index contributed by atoms with van der Waals surface area (Å²) in [5, 5.41) is 0. The second kappa shape index (κ2) is 6.54. The number of nitrogens with one attached hydrogen (secondary N) is 1. The van der Waals surface area contributed by atoms with Gasteiger partial charge < -0.3 is 0 Å². The van der Waals surface area contributed by atoms with Crippen molar-refractivity contribution < 1.29 is 4.21 Å². The Hall–Kier alpha value is -0.450. The van der Waals surface area contributed by atoms with E-state index in [-0.39, 0.29) is 16.2 Å². The van der Waals surface area contributed by atoms with E-state index in [0.29, 0.717) is 0 Å². The largest absolute Gasteiger partial charge is 0.242 e. The van der Waals surface area contributed by atoms with Crippen molar-refractivity contribution in [1.29, 1.82) is 0 Å². The fourth-order valence-corrected chi connectivity index (χ4v) is 3.24. The van der Waals surface area contributed by atoms with Gasteiger partial charge in [0, 0.05) is 9.89 Å². The molecule has 1 N–H and O–H groups in total. The highest BCUT2D eigenvalue weighted by atomic mass is 79.9. The van der Waals surface area contributed by atoms with Crippen molar-refractivity contribution in [3.8, 4) is 0 Å². The highest BCUT2D eigenvalue weighted by Crippen LogP contribution is 2.38. The van der Waals surface area contributed by atoms with Crippen LogP contribution in [0.2, 0.25) is 0 Å². The first-order chi connectivity index (χ1) is 9.09. The van der Waals surface area contributed by atoms with E-state index < -0.39 is 11.0 Å². The van der Waals surface area contributed by atoms with E-state index in [1.807, 2.05) is 51.1 Å². The zero-order valence-corrected chi connectivity index (χ0v) is 15.3. The number of hydrogen-bond donors (Lipinski definition) is 1. The topological polar surface area (TPSA) is 29.1 Å². The SMILES string of the molecule is C=CC(C)(C)[C@@H](N[S@@](=O)C(C)(C)C)c1ccccc1Br. The van der Waals surface area contributed by atoms with Crippen LogP contribution in [0.4, 0.5) is 0 Å². The minimum atomic E-state index is -1.14. The Labute approximate surface area is 133 Å². The Morgan fingerprint density at radius 3 is 2.25 bits per heavy atom. The van der Waals surface area contributed by atoms with E-state index in [4.69, 9.17) is 0 Å². The van der Waals surface area contributed by atoms with Crippen LogP contribution in [0.5, 0.6) is 0 Å². The van der Waals surface area contributed by atoms with Crippen LogP contribution >= 0.6 is 15.9 Å². The van der Waals surface area contributed by atoms with Gasteiger partial charge >= 0.3 is 0 Å². The zero-order chi connectivity index (χ0) is 15.6. The molecule has 1 aromatic carbocycles. The molecule has 1 aromatic rings. The van der Waals surface area contributed by atoms with Crippen LogP contribution in [0.25, 0.3) is 0 Å². The maximum atomic E-state index is 12.5. The molecule has 0 aromatic heterocycles. The van der Waals surface area contributed by atoms with Gasteiger partial charge in [-0.3, -0.25) is 0 Å². The summed E-state index contributed by atoms with van der Waals surface area (Å²) in [6.07, 6.45) is 1.91. The minimum absolute atomic E-state index is 0.0735. The van der Waals surface area contributed by atoms with Gasteiger partial charge in [-0.2, -0.15) is 0 Å². The molecule has 2 atom stereocenters. The van der Waals surface area contributed by atoms with Gasteiger partial charge in [0.2, 0.25) is 0 Å². The van der Waals surface area contributed by atoms with Crippen molar-refractivity contribution in [3.05, 3.63) is 47.0 Å². The monoisotopic (exact) mass is 357 g/mol. The van der Waals surface area contributed by atoms with Crippen LogP contribution in [-0.2, 0) is 11.0 Å². The van der Waals surface area contributed by atoms with Crippen molar-refractivity contribution in [1.82, 2.24) is 4.72 Å². The first kappa shape index (κ1) is 17.6. The molecule has 0 bridgehead atoms. The fraction of sp³-hybridized carbons (Fsp3) is 0.500. The number of rotatable bonds is 5. The molecule has 20 heavy (non-hydrogen) atoms. The van der Waals surface area contributed by atoms with Crippen molar-refractivity contribution in [3.63, 3.8) is 0 Å². The first-order valence-corrected chi connectivity index (χ1v) is 8.60. The minimum Gasteiger partial charge on any atom is -0.242 e. The predicted octanol–water partition coefficient (Wildman–Crippen LogP) is 4.75. The molecule has 0 amide bonds. The molecule has 0 aliphatic heterocycles. The molecule has 0 spiro atoms. The van der Waals surface area contributed by atoms with Crippen LogP contribution in [0.15, 0.2) is 41.4 Å². The summed E-state index contributed by atoms with van der Waals surface area (Å²) in [5.74, 6) is 0. The summed E-state index contributed by atoms with van der Waals surface area (Å²) >= 11 is 3.59. The molecular formula is C16H24BrNOS. The molecule has 2 nitrogen and oxygen atoms in total. The average molecular weight is 358 g/mol. The smallest absolute Gasteiger partial charge is 0.0976 e. The lowest BCUT2D eigenvalue weighted by molar-refractivity contribution is 0.356. The van der Waals surface area contributed by atoms with E-state index in [9.17, 15) is 4.21 Å². The van der Waals surface area contributed by atoms with Crippen molar-refractivity contribution in [2.45, 2.75) is 45.4 Å². The molecule has 0 saturated heterocycles. The molecule has 0 saturated carbocycles. The third kappa shape index (κ3) is 4.27. The summed E-state index contributed by atoms with van der Waals surface area (Å²) < 4.78 is 16.5. The third-order valence-corrected chi connectivity index (χ3v) is 5.55. The normalized spacial score (nSPS) is 15.7. The first-order valence-electron chi connectivity index (χ1n) is 6.65. The van der Waals surface area contributed by atoms with Gasteiger partial charge in [0.15, 0.2) is 0 Å². The van der Waals surface area contributed by atoms with Crippen molar-refractivity contribution in [2.24, 2.45) is 5.41 Å². The standard InChI is InChI=1S/C16H24BrNOS/c1-7-16(5,6)14(18-20(19)15(2,3)4)12-10-8-9-11-13(12)17/h7-11,14,18H,1H2,2-6H3/t14-,20-/m0/s1. The molecule has 4 heteroatoms. The lowest BCUT2D eigenvalue weighted by atomic mass is 9.81. The number of benzene rings is 1. The molecule has 0 aliphatic carbocycles. The molecular weight excluding hydrogens is 334 g/mol. The lowest BCUT2D eigenvalue weighted by Gasteiger charge is -2.35. The molecule has 0 unspecified atom stereocenters. The van der Waals surface area contributed by atoms with Crippen molar-refractivity contribution in [2.75, 3.05) is 0 Å². The van der Waals surface area contributed by atoms with Crippen LogP contribution < -0.4 is 4.72 Å². The predicted molar refractivity (Wildman–Crippen MR) is 91.9 cm³/mol. The van der Waals surface area contributed by atoms with Gasteiger partial charge in [0.25, 0.3) is 0 Å². The molecule has 1 rings (SSSR count). The lowest BCUT2D eigenvalue weighted by Crippen LogP contribution is -2.41. The summed E-state index contributed by atoms with van der Waals surface area (Å²) in [5.41, 5.74) is 0.875. The zero-order valence-electron chi connectivity index (χ0n) is 12.9. The molecule has 112 valence electrons. The Morgan fingerprint density at radius 2 is 1.80 bits per heavy atom. The van der Waals surface area contributed by atoms with Crippen LogP contribution in [0.1, 0.15) is 46.2 Å². The Kier molecular flexibility index (Phi) is 5.76. The van der Waals surface area contributed by atoms with Gasteiger partial charge in [-0.15, -0.1) is 6.58 Å². The van der Waals surface area contributed by atoms with E-state index in [1.54, 1.807) is 0 Å².